The Morgan fingerprint density at radius 2 is 2.31 bits per heavy atom. The summed E-state index contributed by atoms with van der Waals surface area (Å²) in [6.07, 6.45) is 3.18. The average Bonchev–Trinajstić information content (AvgIpc) is 2.55. The van der Waals surface area contributed by atoms with Gasteiger partial charge in [0.25, 0.3) is 0 Å². The van der Waals surface area contributed by atoms with Crippen LogP contribution in [-0.4, -0.2) is 21.1 Å². The van der Waals surface area contributed by atoms with Gasteiger partial charge in [-0.3, -0.25) is 9.48 Å². The van der Waals surface area contributed by atoms with E-state index in [9.17, 15) is 4.79 Å². The van der Waals surface area contributed by atoms with E-state index in [1.165, 1.54) is 0 Å². The van der Waals surface area contributed by atoms with Gasteiger partial charge in [0, 0.05) is 12.2 Å². The molecule has 0 bridgehead atoms. The molecule has 0 atom stereocenters. The minimum atomic E-state index is -0.545. The first-order valence-electron chi connectivity index (χ1n) is 5.90. The van der Waals surface area contributed by atoms with Gasteiger partial charge < -0.3 is 5.73 Å². The Bertz CT molecular complexity index is 404. The maximum Gasteiger partial charge on any atom is 0.158 e. The minimum Gasteiger partial charge on any atom is -0.319 e. The van der Waals surface area contributed by atoms with Crippen LogP contribution in [0.25, 0.3) is 0 Å². The van der Waals surface area contributed by atoms with Crippen LogP contribution >= 0.6 is 0 Å². The molecule has 4 heteroatoms. The number of hydrogen-bond acceptors (Lipinski definition) is 3. The molecule has 2 N–H and O–H groups in total. The molecule has 0 unspecified atom stereocenters. The van der Waals surface area contributed by atoms with E-state index < -0.39 is 5.54 Å². The molecule has 1 aromatic heterocycles. The summed E-state index contributed by atoms with van der Waals surface area (Å²) < 4.78 is 1.88. The summed E-state index contributed by atoms with van der Waals surface area (Å²) in [6, 6.07) is 1.98. The lowest BCUT2D eigenvalue weighted by atomic mass is 9.73. The molecular formula is C12H19N3O. The number of hydrogen-bond donors (Lipinski definition) is 1. The fourth-order valence-electron chi connectivity index (χ4n) is 2.19. The Labute approximate surface area is 95.8 Å². The zero-order valence-electron chi connectivity index (χ0n) is 9.99. The number of carbonyl (C=O) groups is 1. The van der Waals surface area contributed by atoms with E-state index in [4.69, 9.17) is 5.73 Å². The predicted molar refractivity (Wildman–Crippen MR) is 62.1 cm³/mol. The molecule has 0 amide bonds. The topological polar surface area (TPSA) is 60.9 Å². The molecule has 0 aliphatic heterocycles. The van der Waals surface area contributed by atoms with Crippen molar-refractivity contribution in [3.8, 4) is 0 Å². The second-order valence-corrected chi connectivity index (χ2v) is 4.70. The standard InChI is InChI=1S/C12H19N3O/c1-3-15-10(7-9(2)14-15)8-11(16)12(13)5-4-6-12/h7H,3-6,8,13H2,1-2H3. The van der Waals surface area contributed by atoms with Crippen LogP contribution in [-0.2, 0) is 17.8 Å². The maximum atomic E-state index is 12.0. The van der Waals surface area contributed by atoms with Crippen LogP contribution in [0.15, 0.2) is 6.07 Å². The quantitative estimate of drug-likeness (QED) is 0.831. The third kappa shape index (κ3) is 1.89. The van der Waals surface area contributed by atoms with Gasteiger partial charge in [-0.25, -0.2) is 0 Å². The second-order valence-electron chi connectivity index (χ2n) is 4.70. The molecule has 0 aromatic carbocycles. The lowest BCUT2D eigenvalue weighted by molar-refractivity contribution is -0.126. The molecular weight excluding hydrogens is 202 g/mol. The number of nitrogens with zero attached hydrogens (tertiary/aromatic N) is 2. The predicted octanol–water partition coefficient (Wildman–Crippen LogP) is 1.20. The molecule has 0 spiro atoms. The van der Waals surface area contributed by atoms with Gasteiger partial charge >= 0.3 is 0 Å². The van der Waals surface area contributed by atoms with Crippen LogP contribution in [0.2, 0.25) is 0 Å². The van der Waals surface area contributed by atoms with E-state index >= 15 is 0 Å². The summed E-state index contributed by atoms with van der Waals surface area (Å²) in [5, 5.41) is 4.33. The van der Waals surface area contributed by atoms with Gasteiger partial charge in [0.15, 0.2) is 5.78 Å². The number of aryl methyl sites for hydroxylation is 2. The molecule has 0 radical (unpaired) electrons. The van der Waals surface area contributed by atoms with Crippen molar-refractivity contribution in [1.82, 2.24) is 9.78 Å². The van der Waals surface area contributed by atoms with Gasteiger partial charge in [-0.15, -0.1) is 0 Å². The third-order valence-corrected chi connectivity index (χ3v) is 3.43. The number of Topliss-reactive ketones (excluding diaryl/α,β-unsaturated/α-hetero) is 1. The molecule has 1 aliphatic rings. The maximum absolute atomic E-state index is 12.0. The number of carbonyl (C=O) groups excluding carboxylic acids is 1. The zero-order chi connectivity index (χ0) is 11.8. The van der Waals surface area contributed by atoms with E-state index in [0.717, 1.165) is 37.2 Å². The van der Waals surface area contributed by atoms with Crippen LogP contribution < -0.4 is 5.73 Å². The van der Waals surface area contributed by atoms with Crippen molar-refractivity contribution in [3.63, 3.8) is 0 Å². The summed E-state index contributed by atoms with van der Waals surface area (Å²) in [4.78, 5) is 12.0. The molecule has 1 heterocycles. The number of nitrogens with two attached hydrogens (primary N) is 1. The van der Waals surface area contributed by atoms with Crippen molar-refractivity contribution in [2.45, 2.75) is 51.6 Å². The molecule has 0 saturated heterocycles. The normalized spacial score (nSPS) is 18.2. The van der Waals surface area contributed by atoms with Crippen LogP contribution in [0.5, 0.6) is 0 Å². The minimum absolute atomic E-state index is 0.161. The van der Waals surface area contributed by atoms with Crippen LogP contribution in [0.3, 0.4) is 0 Å². The van der Waals surface area contributed by atoms with Gasteiger partial charge in [0.05, 0.1) is 17.7 Å². The Morgan fingerprint density at radius 3 is 2.81 bits per heavy atom. The van der Waals surface area contributed by atoms with Crippen molar-refractivity contribution in [2.24, 2.45) is 5.73 Å². The highest BCUT2D eigenvalue weighted by Crippen LogP contribution is 2.30. The van der Waals surface area contributed by atoms with E-state index in [2.05, 4.69) is 5.10 Å². The first kappa shape index (κ1) is 11.3. The molecule has 1 fully saturated rings. The number of rotatable bonds is 4. The molecule has 1 aromatic rings. The number of ketones is 1. The lowest BCUT2D eigenvalue weighted by Gasteiger charge is -2.36. The Hall–Kier alpha value is -1.16. The molecule has 88 valence electrons. The average molecular weight is 221 g/mol. The molecule has 1 aliphatic carbocycles. The van der Waals surface area contributed by atoms with Gasteiger partial charge in [-0.05, 0) is 39.2 Å². The third-order valence-electron chi connectivity index (χ3n) is 3.43. The van der Waals surface area contributed by atoms with E-state index in [1.807, 2.05) is 24.6 Å². The van der Waals surface area contributed by atoms with Gasteiger partial charge in [0.1, 0.15) is 0 Å². The van der Waals surface area contributed by atoms with Crippen molar-refractivity contribution in [1.29, 1.82) is 0 Å². The second kappa shape index (κ2) is 4.01. The molecule has 1 saturated carbocycles. The fraction of sp³-hybridized carbons (Fsp3) is 0.667. The Balaban J connectivity index is 2.11. The van der Waals surface area contributed by atoms with Crippen molar-refractivity contribution >= 4 is 5.78 Å². The largest absolute Gasteiger partial charge is 0.319 e. The molecule has 4 nitrogen and oxygen atoms in total. The van der Waals surface area contributed by atoms with Crippen molar-refractivity contribution in [3.05, 3.63) is 17.5 Å². The van der Waals surface area contributed by atoms with E-state index in [1.54, 1.807) is 0 Å². The molecule has 2 rings (SSSR count). The smallest absolute Gasteiger partial charge is 0.158 e. The summed E-state index contributed by atoms with van der Waals surface area (Å²) in [7, 11) is 0. The van der Waals surface area contributed by atoms with Gasteiger partial charge in [-0.1, -0.05) is 0 Å². The number of aromatic nitrogens is 2. The monoisotopic (exact) mass is 221 g/mol. The summed E-state index contributed by atoms with van der Waals surface area (Å²) >= 11 is 0. The summed E-state index contributed by atoms with van der Waals surface area (Å²) in [5.74, 6) is 0.161. The highest BCUT2D eigenvalue weighted by Gasteiger charge is 2.39. The Kier molecular flexibility index (Phi) is 2.84. The highest BCUT2D eigenvalue weighted by atomic mass is 16.1. The van der Waals surface area contributed by atoms with E-state index in [-0.39, 0.29) is 5.78 Å². The van der Waals surface area contributed by atoms with Gasteiger partial charge in [0.2, 0.25) is 0 Å². The van der Waals surface area contributed by atoms with Crippen molar-refractivity contribution in [2.75, 3.05) is 0 Å². The van der Waals surface area contributed by atoms with Crippen LogP contribution in [0.4, 0.5) is 0 Å². The zero-order valence-corrected chi connectivity index (χ0v) is 9.99. The SMILES string of the molecule is CCn1nc(C)cc1CC(=O)C1(N)CCC1. The van der Waals surface area contributed by atoms with Crippen molar-refractivity contribution < 1.29 is 4.79 Å². The van der Waals surface area contributed by atoms with Crippen LogP contribution in [0, 0.1) is 6.92 Å². The Morgan fingerprint density at radius 1 is 1.62 bits per heavy atom. The first-order valence-corrected chi connectivity index (χ1v) is 5.90. The highest BCUT2D eigenvalue weighted by molar-refractivity contribution is 5.90. The lowest BCUT2D eigenvalue weighted by Crippen LogP contribution is -2.54. The van der Waals surface area contributed by atoms with Crippen LogP contribution in [0.1, 0.15) is 37.6 Å². The van der Waals surface area contributed by atoms with E-state index in [0.29, 0.717) is 6.42 Å². The molecule has 16 heavy (non-hydrogen) atoms. The summed E-state index contributed by atoms with van der Waals surface area (Å²) in [6.45, 7) is 4.78. The summed E-state index contributed by atoms with van der Waals surface area (Å²) in [5.41, 5.74) is 7.42. The first-order chi connectivity index (χ1) is 7.55. The van der Waals surface area contributed by atoms with Gasteiger partial charge in [-0.2, -0.15) is 5.10 Å². The fourth-order valence-corrected chi connectivity index (χ4v) is 2.19.